The van der Waals surface area contributed by atoms with Crippen molar-refractivity contribution in [1.82, 2.24) is 14.5 Å². The van der Waals surface area contributed by atoms with Gasteiger partial charge in [0, 0.05) is 0 Å². The van der Waals surface area contributed by atoms with Gasteiger partial charge in [-0.05, 0) is 24.3 Å². The van der Waals surface area contributed by atoms with E-state index in [4.69, 9.17) is 8.83 Å². The summed E-state index contributed by atoms with van der Waals surface area (Å²) in [6, 6.07) is 8.90. The van der Waals surface area contributed by atoms with Crippen molar-refractivity contribution in [2.24, 2.45) is 0 Å². The number of aromatic nitrogens is 2. The minimum absolute atomic E-state index is 0.284. The molecule has 0 aliphatic carbocycles. The molecule has 4 rings (SSSR count). The molecular weight excluding hydrogens is 375 g/mol. The fourth-order valence-corrected chi connectivity index (χ4v) is 4.56. The predicted octanol–water partition coefficient (Wildman–Crippen LogP) is 0.558. The second-order valence-corrected chi connectivity index (χ2v) is 8.15. The number of halogens is 1. The molecule has 0 bridgehead atoms. The van der Waals surface area contributed by atoms with Crippen molar-refractivity contribution in [3.8, 4) is 11.7 Å². The van der Waals surface area contributed by atoms with Gasteiger partial charge in [0.25, 0.3) is 11.8 Å². The third-order valence-electron chi connectivity index (χ3n) is 4.48. The number of nitrogens with zero attached hydrogens (tertiary/aromatic N) is 3. The van der Waals surface area contributed by atoms with Gasteiger partial charge in [0.2, 0.25) is 10.0 Å². The zero-order valence-electron chi connectivity index (χ0n) is 14.3. The van der Waals surface area contributed by atoms with Gasteiger partial charge in [-0.1, -0.05) is 12.1 Å². The smallest absolute Gasteiger partial charge is 0.283 e. The van der Waals surface area contributed by atoms with Gasteiger partial charge in [-0.3, -0.25) is 0 Å². The standard InChI is InChI=1S/C17H17FN4O4S/c18-13-4-1-2-6-15(13)27(23,24)22-9-7-21(8-10-22)12-16-19-20-17(26-16)14-5-3-11-25-14/h1-6,11H,7-10,12H2/p+1. The first-order valence-corrected chi connectivity index (χ1v) is 9.92. The van der Waals surface area contributed by atoms with E-state index in [0.717, 1.165) is 11.0 Å². The van der Waals surface area contributed by atoms with Crippen LogP contribution in [0.3, 0.4) is 0 Å². The summed E-state index contributed by atoms with van der Waals surface area (Å²) < 4.78 is 51.3. The molecule has 0 saturated carbocycles. The molecule has 0 unspecified atom stereocenters. The zero-order chi connectivity index (χ0) is 18.9. The lowest BCUT2D eigenvalue weighted by molar-refractivity contribution is -0.918. The van der Waals surface area contributed by atoms with Gasteiger partial charge < -0.3 is 13.7 Å². The van der Waals surface area contributed by atoms with Crippen LogP contribution in [0, 0.1) is 5.82 Å². The Bertz CT molecular complexity index is 1010. The number of hydrogen-bond acceptors (Lipinski definition) is 6. The van der Waals surface area contributed by atoms with E-state index in [1.807, 2.05) is 0 Å². The third kappa shape index (κ3) is 3.64. The number of piperazine rings is 1. The first-order chi connectivity index (χ1) is 13.0. The highest BCUT2D eigenvalue weighted by Crippen LogP contribution is 2.19. The highest BCUT2D eigenvalue weighted by atomic mass is 32.2. The van der Waals surface area contributed by atoms with Gasteiger partial charge in [-0.15, -0.1) is 10.2 Å². The Labute approximate surface area is 155 Å². The lowest BCUT2D eigenvalue weighted by Gasteiger charge is -2.30. The van der Waals surface area contributed by atoms with Crippen LogP contribution < -0.4 is 4.90 Å². The summed E-state index contributed by atoms with van der Waals surface area (Å²) in [5.74, 6) is 0.546. The van der Waals surface area contributed by atoms with Crippen molar-refractivity contribution in [2.75, 3.05) is 26.2 Å². The molecule has 0 atom stereocenters. The van der Waals surface area contributed by atoms with Crippen molar-refractivity contribution >= 4 is 10.0 Å². The molecule has 8 nitrogen and oxygen atoms in total. The van der Waals surface area contributed by atoms with Crippen LogP contribution in [-0.2, 0) is 16.6 Å². The molecule has 1 saturated heterocycles. The van der Waals surface area contributed by atoms with E-state index in [9.17, 15) is 12.8 Å². The number of furan rings is 1. The quantitative estimate of drug-likeness (QED) is 0.681. The van der Waals surface area contributed by atoms with Crippen LogP contribution in [0.1, 0.15) is 5.89 Å². The molecule has 1 aliphatic heterocycles. The van der Waals surface area contributed by atoms with Crippen LogP contribution in [0.4, 0.5) is 4.39 Å². The van der Waals surface area contributed by atoms with E-state index in [1.54, 1.807) is 12.1 Å². The van der Waals surface area contributed by atoms with Crippen LogP contribution in [-0.4, -0.2) is 49.1 Å². The van der Waals surface area contributed by atoms with E-state index >= 15 is 0 Å². The third-order valence-corrected chi connectivity index (χ3v) is 6.42. The van der Waals surface area contributed by atoms with Gasteiger partial charge in [-0.25, -0.2) is 12.8 Å². The average molecular weight is 393 g/mol. The maximum Gasteiger partial charge on any atom is 0.283 e. The molecule has 2 aromatic heterocycles. The van der Waals surface area contributed by atoms with Crippen LogP contribution in [0.5, 0.6) is 0 Å². The van der Waals surface area contributed by atoms with Crippen molar-refractivity contribution in [2.45, 2.75) is 11.4 Å². The van der Waals surface area contributed by atoms with Crippen molar-refractivity contribution in [1.29, 1.82) is 0 Å². The topological polar surface area (TPSA) is 93.9 Å². The Balaban J connectivity index is 1.39. The highest BCUT2D eigenvalue weighted by molar-refractivity contribution is 7.89. The summed E-state index contributed by atoms with van der Waals surface area (Å²) in [5.41, 5.74) is 0. The molecule has 0 spiro atoms. The van der Waals surface area contributed by atoms with Crippen LogP contribution in [0.15, 0.2) is 56.4 Å². The Kier molecular flexibility index (Phi) is 4.77. The Hall–Kier alpha value is -2.56. The van der Waals surface area contributed by atoms with Crippen molar-refractivity contribution in [3.05, 3.63) is 54.4 Å². The summed E-state index contributed by atoms with van der Waals surface area (Å²) in [7, 11) is -3.83. The lowest BCUT2D eigenvalue weighted by atomic mass is 10.3. The van der Waals surface area contributed by atoms with E-state index in [1.165, 1.54) is 28.8 Å². The second-order valence-electron chi connectivity index (χ2n) is 6.24. The zero-order valence-corrected chi connectivity index (χ0v) is 15.2. The average Bonchev–Trinajstić information content (AvgIpc) is 3.34. The molecular formula is C17H18FN4O4S+. The van der Waals surface area contributed by atoms with Crippen molar-refractivity contribution < 1.29 is 26.5 Å². The van der Waals surface area contributed by atoms with E-state index < -0.39 is 15.8 Å². The number of sulfonamides is 1. The molecule has 10 heteroatoms. The van der Waals surface area contributed by atoms with Crippen LogP contribution >= 0.6 is 0 Å². The largest absolute Gasteiger partial charge is 0.459 e. The normalized spacial score (nSPS) is 16.6. The summed E-state index contributed by atoms with van der Waals surface area (Å²) in [6.45, 7) is 2.20. The molecule has 1 aromatic carbocycles. The number of hydrogen-bond donors (Lipinski definition) is 1. The van der Waals surface area contributed by atoms with Gasteiger partial charge in [0.05, 0.1) is 32.4 Å². The fraction of sp³-hybridized carbons (Fsp3) is 0.294. The van der Waals surface area contributed by atoms with Crippen molar-refractivity contribution in [3.63, 3.8) is 0 Å². The number of benzene rings is 1. The molecule has 1 fully saturated rings. The van der Waals surface area contributed by atoms with E-state index in [0.29, 0.717) is 50.3 Å². The number of quaternary nitrogens is 1. The molecule has 0 amide bonds. The second kappa shape index (κ2) is 7.22. The molecule has 3 heterocycles. The van der Waals surface area contributed by atoms with Gasteiger partial charge >= 0.3 is 0 Å². The predicted molar refractivity (Wildman–Crippen MR) is 91.6 cm³/mol. The van der Waals surface area contributed by atoms with Gasteiger partial charge in [0.1, 0.15) is 10.7 Å². The maximum absolute atomic E-state index is 13.9. The molecule has 1 aliphatic rings. The summed E-state index contributed by atoms with van der Waals surface area (Å²) in [6.07, 6.45) is 1.53. The molecule has 0 radical (unpaired) electrons. The summed E-state index contributed by atoms with van der Waals surface area (Å²) in [5, 5.41) is 7.97. The van der Waals surface area contributed by atoms with Gasteiger partial charge in [-0.2, -0.15) is 4.31 Å². The minimum atomic E-state index is -3.83. The van der Waals surface area contributed by atoms with E-state index in [-0.39, 0.29) is 4.90 Å². The lowest BCUT2D eigenvalue weighted by Crippen LogP contribution is -3.13. The number of rotatable bonds is 5. The molecule has 1 N–H and O–H groups in total. The van der Waals surface area contributed by atoms with E-state index in [2.05, 4.69) is 10.2 Å². The molecule has 142 valence electrons. The molecule has 3 aromatic rings. The summed E-state index contributed by atoms with van der Waals surface area (Å²) >= 11 is 0. The Morgan fingerprint density at radius 2 is 1.89 bits per heavy atom. The minimum Gasteiger partial charge on any atom is -0.459 e. The Morgan fingerprint density at radius 3 is 2.59 bits per heavy atom. The number of nitrogens with one attached hydrogen (secondary N) is 1. The molecule has 27 heavy (non-hydrogen) atoms. The van der Waals surface area contributed by atoms with Crippen LogP contribution in [0.25, 0.3) is 11.7 Å². The SMILES string of the molecule is O=S(=O)(c1ccccc1F)N1CC[NH+](Cc2nnc(-c3ccco3)o2)CC1. The summed E-state index contributed by atoms with van der Waals surface area (Å²) in [4.78, 5) is 0.832. The Morgan fingerprint density at radius 1 is 1.11 bits per heavy atom. The highest BCUT2D eigenvalue weighted by Gasteiger charge is 2.32. The first-order valence-electron chi connectivity index (χ1n) is 8.48. The maximum atomic E-state index is 13.9. The van der Waals surface area contributed by atoms with Crippen LogP contribution in [0.2, 0.25) is 0 Å². The van der Waals surface area contributed by atoms with Gasteiger partial charge in [0.15, 0.2) is 12.3 Å². The fourth-order valence-electron chi connectivity index (χ4n) is 3.05. The first kappa shape index (κ1) is 17.8. The monoisotopic (exact) mass is 393 g/mol.